The van der Waals surface area contributed by atoms with Crippen molar-refractivity contribution >= 4 is 38.0 Å². The summed E-state index contributed by atoms with van der Waals surface area (Å²) in [7, 11) is 0. The molecule has 0 aliphatic rings. The second kappa shape index (κ2) is 22.8. The summed E-state index contributed by atoms with van der Waals surface area (Å²) in [4.78, 5) is 10.3. The fraction of sp³-hybridized carbons (Fsp3) is 0.472. The van der Waals surface area contributed by atoms with Crippen molar-refractivity contribution < 1.29 is 9.90 Å². The van der Waals surface area contributed by atoms with E-state index in [4.69, 9.17) is 5.11 Å². The van der Waals surface area contributed by atoms with Gasteiger partial charge in [0, 0.05) is 6.42 Å². The van der Waals surface area contributed by atoms with Crippen LogP contribution in [-0.2, 0) is 4.79 Å². The molecule has 3 aromatic rings. The van der Waals surface area contributed by atoms with Crippen molar-refractivity contribution in [2.45, 2.75) is 110 Å². The SMILES string of the molecule is CCCCCCCCCCCCCCCCCC(=O)O.c1cc[c]([Pb]([c]2ccccc2)[c]2ccccc2)cc1. The third kappa shape index (κ3) is 16.0. The molecule has 0 bridgehead atoms. The Bertz CT molecular complexity index is 865. The number of unbranched alkanes of at least 4 members (excludes halogenated alkanes) is 14. The van der Waals surface area contributed by atoms with Gasteiger partial charge in [0.1, 0.15) is 0 Å². The standard InChI is InChI=1S/C18H36O2.3C6H5.Pb/c1-2-3-4-5-6-7-8-9-10-11-12-13-14-15-16-17-18(19)20;3*1-2-4-6-5-3-1;/h2-17H2,1H3,(H,19,20);3*1-5H;. The van der Waals surface area contributed by atoms with E-state index in [0.717, 1.165) is 12.8 Å². The molecule has 3 rings (SSSR count). The number of hydrogen-bond donors (Lipinski definition) is 1. The molecule has 1 radical (unpaired) electrons. The van der Waals surface area contributed by atoms with Crippen LogP contribution in [0.15, 0.2) is 91.0 Å². The predicted octanol–water partition coefficient (Wildman–Crippen LogP) is 8.54. The van der Waals surface area contributed by atoms with E-state index >= 15 is 0 Å². The summed E-state index contributed by atoms with van der Waals surface area (Å²) in [5, 5.41) is 8.52. The van der Waals surface area contributed by atoms with Crippen LogP contribution >= 0.6 is 0 Å². The molecule has 39 heavy (non-hydrogen) atoms. The number of carboxylic acid groups (broad SMARTS) is 1. The third-order valence-electron chi connectivity index (χ3n) is 7.18. The van der Waals surface area contributed by atoms with E-state index in [1.807, 2.05) is 0 Å². The van der Waals surface area contributed by atoms with Crippen LogP contribution in [0.5, 0.6) is 0 Å². The Balaban J connectivity index is 0.000000273. The maximum absolute atomic E-state index is 10.3. The van der Waals surface area contributed by atoms with Crippen molar-refractivity contribution in [1.82, 2.24) is 0 Å². The van der Waals surface area contributed by atoms with E-state index in [1.165, 1.54) is 83.5 Å². The zero-order chi connectivity index (χ0) is 27.8. The van der Waals surface area contributed by atoms with Gasteiger partial charge in [-0.2, -0.15) is 0 Å². The van der Waals surface area contributed by atoms with Crippen LogP contribution in [0.3, 0.4) is 0 Å². The van der Waals surface area contributed by atoms with Crippen LogP contribution in [0.2, 0.25) is 0 Å². The number of carboxylic acids is 1. The minimum absolute atomic E-state index is 0.345. The topological polar surface area (TPSA) is 37.3 Å². The van der Waals surface area contributed by atoms with Gasteiger partial charge in [0.2, 0.25) is 0 Å². The molecule has 0 heterocycles. The zero-order valence-electron chi connectivity index (χ0n) is 24.3. The molecular weight excluding hydrogens is 672 g/mol. The van der Waals surface area contributed by atoms with Crippen molar-refractivity contribution in [2.75, 3.05) is 0 Å². The maximum atomic E-state index is 10.3. The molecule has 0 saturated heterocycles. The Morgan fingerprint density at radius 3 is 1.05 bits per heavy atom. The van der Waals surface area contributed by atoms with Crippen LogP contribution in [0, 0.1) is 0 Å². The van der Waals surface area contributed by atoms with Gasteiger partial charge in [-0.3, -0.25) is 4.79 Å². The fourth-order valence-corrected chi connectivity index (χ4v) is 15.0. The molecule has 0 amide bonds. The second-order valence-corrected chi connectivity index (χ2v) is 20.2. The molecule has 0 aromatic heterocycles. The number of aliphatic carboxylic acids is 1. The average molecular weight is 723 g/mol. The van der Waals surface area contributed by atoms with Crippen LogP contribution < -0.4 is 9.37 Å². The summed E-state index contributed by atoms with van der Waals surface area (Å²) in [6.45, 7) is 2.27. The van der Waals surface area contributed by atoms with Gasteiger partial charge in [-0.15, -0.1) is 0 Å². The van der Waals surface area contributed by atoms with Crippen molar-refractivity contribution in [1.29, 1.82) is 0 Å². The molecule has 0 aliphatic heterocycles. The Hall–Kier alpha value is -1.95. The summed E-state index contributed by atoms with van der Waals surface area (Å²) < 4.78 is 4.64. The van der Waals surface area contributed by atoms with E-state index < -0.39 is 28.7 Å². The Kier molecular flexibility index (Phi) is 19.5. The fourth-order valence-electron chi connectivity index (χ4n) is 4.96. The quantitative estimate of drug-likeness (QED) is 0.0996. The average Bonchev–Trinajstić information content (AvgIpc) is 2.97. The van der Waals surface area contributed by atoms with Crippen LogP contribution in [0.1, 0.15) is 110 Å². The van der Waals surface area contributed by atoms with E-state index in [0.29, 0.717) is 6.42 Å². The Labute approximate surface area is 247 Å². The minimum atomic E-state index is -2.17. The molecule has 0 spiro atoms. The molecule has 0 fully saturated rings. The first-order valence-corrected chi connectivity index (χ1v) is 21.3. The van der Waals surface area contributed by atoms with Gasteiger partial charge in [0.15, 0.2) is 0 Å². The van der Waals surface area contributed by atoms with Crippen LogP contribution in [0.25, 0.3) is 0 Å². The van der Waals surface area contributed by atoms with Crippen molar-refractivity contribution in [3.05, 3.63) is 91.0 Å². The molecule has 1 N–H and O–H groups in total. The van der Waals surface area contributed by atoms with Gasteiger partial charge in [-0.1, -0.05) is 96.8 Å². The van der Waals surface area contributed by atoms with Crippen molar-refractivity contribution in [2.24, 2.45) is 0 Å². The van der Waals surface area contributed by atoms with Crippen molar-refractivity contribution in [3.8, 4) is 0 Å². The van der Waals surface area contributed by atoms with E-state index in [-0.39, 0.29) is 0 Å². The molecule has 2 nitrogen and oxygen atoms in total. The molecule has 0 aliphatic carbocycles. The van der Waals surface area contributed by atoms with Crippen molar-refractivity contribution in [3.63, 3.8) is 0 Å². The predicted molar refractivity (Wildman–Crippen MR) is 171 cm³/mol. The molecule has 0 atom stereocenters. The van der Waals surface area contributed by atoms with Gasteiger partial charge in [0.25, 0.3) is 0 Å². The summed E-state index contributed by atoms with van der Waals surface area (Å²) in [6.07, 6.45) is 20.2. The van der Waals surface area contributed by atoms with E-state index in [9.17, 15) is 4.79 Å². The van der Waals surface area contributed by atoms with Gasteiger partial charge in [0.05, 0.1) is 0 Å². The summed E-state index contributed by atoms with van der Waals surface area (Å²) in [5.74, 6) is -0.653. The first kappa shape index (κ1) is 33.3. The number of rotatable bonds is 19. The number of benzene rings is 3. The normalized spacial score (nSPS) is 10.7. The van der Waals surface area contributed by atoms with Gasteiger partial charge in [-0.25, -0.2) is 0 Å². The van der Waals surface area contributed by atoms with Crippen LogP contribution in [0.4, 0.5) is 0 Å². The van der Waals surface area contributed by atoms with Crippen LogP contribution in [-0.4, -0.2) is 33.8 Å². The summed E-state index contributed by atoms with van der Waals surface area (Å²) in [5.41, 5.74) is 0. The molecule has 0 saturated carbocycles. The first-order valence-electron chi connectivity index (χ1n) is 15.5. The Morgan fingerprint density at radius 2 is 0.769 bits per heavy atom. The van der Waals surface area contributed by atoms with E-state index in [2.05, 4.69) is 97.9 Å². The van der Waals surface area contributed by atoms with Gasteiger partial charge in [-0.05, 0) is 6.42 Å². The zero-order valence-corrected chi connectivity index (χ0v) is 28.2. The Morgan fingerprint density at radius 1 is 0.487 bits per heavy atom. The number of carbonyl (C=O) groups is 1. The third-order valence-corrected chi connectivity index (χ3v) is 17.8. The monoisotopic (exact) mass is 723 g/mol. The first-order chi connectivity index (χ1) is 19.2. The van der Waals surface area contributed by atoms with Gasteiger partial charge < -0.3 is 5.11 Å². The molecular formula is C36H51O2Pb. The molecule has 3 aromatic carbocycles. The number of hydrogen-bond acceptors (Lipinski definition) is 1. The molecule has 0 unspecified atom stereocenters. The van der Waals surface area contributed by atoms with Gasteiger partial charge >= 0.3 is 129 Å². The summed E-state index contributed by atoms with van der Waals surface area (Å²) >= 11 is -2.17. The molecule has 211 valence electrons. The molecule has 3 heteroatoms. The second-order valence-electron chi connectivity index (χ2n) is 10.6. The summed E-state index contributed by atoms with van der Waals surface area (Å²) in [6, 6.07) is 33.0. The van der Waals surface area contributed by atoms with E-state index in [1.54, 1.807) is 9.37 Å².